The third-order valence-corrected chi connectivity index (χ3v) is 6.04. The summed E-state index contributed by atoms with van der Waals surface area (Å²) < 4.78 is 59.4. The largest absolute Gasteiger partial charge is 0.477 e. The smallest absolute Gasteiger partial charge is 0.387 e. The molecule has 1 atom stereocenters. The molecule has 0 saturated heterocycles. The second kappa shape index (κ2) is 9.60. The number of hydrogen-bond acceptors (Lipinski definition) is 6. The van der Waals surface area contributed by atoms with Gasteiger partial charge in [0.1, 0.15) is 5.56 Å². The number of rotatable bonds is 5. The first-order chi connectivity index (χ1) is 16.8. The Balaban J connectivity index is 0.000000556. The highest BCUT2D eigenvalue weighted by Gasteiger charge is 2.30. The summed E-state index contributed by atoms with van der Waals surface area (Å²) in [6.45, 7) is -0.360. The van der Waals surface area contributed by atoms with Gasteiger partial charge in [0.15, 0.2) is 5.75 Å². The summed E-state index contributed by atoms with van der Waals surface area (Å²) in [4.78, 5) is 24.4. The molecule has 192 valence electrons. The summed E-state index contributed by atoms with van der Waals surface area (Å²) in [5.41, 5.74) is 2.49. The Hall–Kier alpha value is -3.35. The molecule has 9 nitrogen and oxygen atoms in total. The molecule has 0 unspecified atom stereocenters. The Morgan fingerprint density at radius 1 is 1.22 bits per heavy atom. The van der Waals surface area contributed by atoms with E-state index in [9.17, 15) is 31.9 Å². The minimum atomic E-state index is -3.67. The van der Waals surface area contributed by atoms with Gasteiger partial charge in [0.2, 0.25) is 5.43 Å². The zero-order chi connectivity index (χ0) is 26.4. The van der Waals surface area contributed by atoms with Gasteiger partial charge < -0.3 is 19.7 Å². The molecule has 0 bridgehead atoms. The predicted octanol–water partition coefficient (Wildman–Crippen LogP) is 3.97. The van der Waals surface area contributed by atoms with Crippen molar-refractivity contribution in [1.82, 2.24) is 9.88 Å². The van der Waals surface area contributed by atoms with Crippen molar-refractivity contribution in [2.24, 2.45) is 0 Å². The molecule has 1 aliphatic carbocycles. The molecule has 5 rings (SSSR count). The molecule has 2 aliphatic rings. The van der Waals surface area contributed by atoms with Gasteiger partial charge in [0.05, 0.1) is 17.2 Å². The predicted molar refractivity (Wildman–Crippen MR) is 128 cm³/mol. The second-order valence-corrected chi connectivity index (χ2v) is 10.2. The van der Waals surface area contributed by atoms with Crippen molar-refractivity contribution < 1.29 is 36.4 Å². The van der Waals surface area contributed by atoms with Crippen LogP contribution in [0.4, 0.5) is 8.78 Å². The molecule has 36 heavy (non-hydrogen) atoms. The van der Waals surface area contributed by atoms with Crippen molar-refractivity contribution in [3.05, 3.63) is 63.4 Å². The quantitative estimate of drug-likeness (QED) is 0.429. The monoisotopic (exact) mass is 522 g/mol. The maximum atomic E-state index is 13.5. The van der Waals surface area contributed by atoms with Crippen molar-refractivity contribution >= 4 is 27.0 Å². The molecule has 0 spiro atoms. The number of carboxylic acid groups (broad SMARTS) is 1. The van der Waals surface area contributed by atoms with E-state index in [0.717, 1.165) is 24.0 Å². The lowest BCUT2D eigenvalue weighted by Gasteiger charge is -2.19. The van der Waals surface area contributed by atoms with Gasteiger partial charge in [-0.15, -0.1) is 0 Å². The molecule has 1 aliphatic heterocycles. The molecule has 1 aromatic heterocycles. The maximum absolute atomic E-state index is 13.5. The fraction of sp³-hybridized carbons (Fsp3) is 0.333. The van der Waals surface area contributed by atoms with Crippen LogP contribution in [0.3, 0.4) is 0 Å². The number of aromatic carboxylic acids is 1. The molecular weight excluding hydrogens is 498 g/mol. The van der Waals surface area contributed by atoms with E-state index in [0.29, 0.717) is 23.9 Å². The van der Waals surface area contributed by atoms with Crippen LogP contribution in [-0.4, -0.2) is 41.5 Å². The average molecular weight is 523 g/mol. The van der Waals surface area contributed by atoms with Crippen LogP contribution in [0.2, 0.25) is 0 Å². The van der Waals surface area contributed by atoms with Gasteiger partial charge in [0.25, 0.3) is 10.1 Å². The lowest BCUT2D eigenvalue weighted by atomic mass is 9.96. The second-order valence-electron chi connectivity index (χ2n) is 8.78. The van der Waals surface area contributed by atoms with E-state index in [2.05, 4.69) is 12.2 Å². The van der Waals surface area contributed by atoms with Crippen LogP contribution in [0.15, 0.2) is 41.3 Å². The SMILES string of the molecule is CS(=O)(=O)O.C[C@H]1NCc2cc(-c3ccc4c(=O)c(C(=O)O)cn(C5CC5)c4c3OC(F)F)ccc21. The molecule has 3 N–H and O–H groups in total. The minimum Gasteiger partial charge on any atom is -0.477 e. The van der Waals surface area contributed by atoms with E-state index in [1.807, 2.05) is 18.2 Å². The van der Waals surface area contributed by atoms with Crippen LogP contribution in [0.1, 0.15) is 53.3 Å². The summed E-state index contributed by atoms with van der Waals surface area (Å²) >= 11 is 0. The van der Waals surface area contributed by atoms with Crippen molar-refractivity contribution in [2.75, 3.05) is 6.26 Å². The summed E-state index contributed by atoms with van der Waals surface area (Å²) in [7, 11) is -3.67. The van der Waals surface area contributed by atoms with Crippen LogP contribution in [-0.2, 0) is 16.7 Å². The highest BCUT2D eigenvalue weighted by atomic mass is 32.2. The minimum absolute atomic E-state index is 0.0541. The number of carbonyl (C=O) groups is 1. The number of ether oxygens (including phenoxy) is 1. The number of nitrogens with one attached hydrogen (secondary N) is 1. The Morgan fingerprint density at radius 3 is 2.47 bits per heavy atom. The van der Waals surface area contributed by atoms with Crippen LogP contribution in [0, 0.1) is 0 Å². The van der Waals surface area contributed by atoms with Crippen LogP contribution >= 0.6 is 0 Å². The van der Waals surface area contributed by atoms with Crippen molar-refractivity contribution in [1.29, 1.82) is 0 Å². The zero-order valence-electron chi connectivity index (χ0n) is 19.4. The van der Waals surface area contributed by atoms with Gasteiger partial charge in [-0.2, -0.15) is 17.2 Å². The Kier molecular flexibility index (Phi) is 6.86. The van der Waals surface area contributed by atoms with Gasteiger partial charge in [0, 0.05) is 30.4 Å². The highest BCUT2D eigenvalue weighted by Crippen LogP contribution is 2.43. The van der Waals surface area contributed by atoms with Crippen LogP contribution < -0.4 is 15.5 Å². The van der Waals surface area contributed by atoms with E-state index >= 15 is 0 Å². The maximum Gasteiger partial charge on any atom is 0.387 e. The number of halogens is 2. The highest BCUT2D eigenvalue weighted by molar-refractivity contribution is 7.85. The first kappa shape index (κ1) is 25.7. The fourth-order valence-electron chi connectivity index (χ4n) is 4.37. The van der Waals surface area contributed by atoms with Gasteiger partial charge >= 0.3 is 12.6 Å². The molecule has 12 heteroatoms. The molecule has 1 saturated carbocycles. The fourth-order valence-corrected chi connectivity index (χ4v) is 4.37. The molecular formula is C24H24F2N2O7S. The summed E-state index contributed by atoms with van der Waals surface area (Å²) in [5, 5.41) is 12.8. The van der Waals surface area contributed by atoms with Gasteiger partial charge in [-0.05, 0) is 54.7 Å². The van der Waals surface area contributed by atoms with Gasteiger partial charge in [-0.3, -0.25) is 9.35 Å². The van der Waals surface area contributed by atoms with Crippen molar-refractivity contribution in [2.45, 2.75) is 45.0 Å². The van der Waals surface area contributed by atoms with Crippen molar-refractivity contribution in [3.63, 3.8) is 0 Å². The number of hydrogen-bond donors (Lipinski definition) is 3. The van der Waals surface area contributed by atoms with E-state index < -0.39 is 28.1 Å². The number of benzene rings is 2. The van der Waals surface area contributed by atoms with E-state index in [-0.39, 0.29) is 34.3 Å². The lowest BCUT2D eigenvalue weighted by molar-refractivity contribution is -0.0486. The van der Waals surface area contributed by atoms with Crippen LogP contribution in [0.5, 0.6) is 5.75 Å². The number of aromatic nitrogens is 1. The Bertz CT molecular complexity index is 1510. The van der Waals surface area contributed by atoms with Crippen LogP contribution in [0.25, 0.3) is 22.0 Å². The first-order valence-electron chi connectivity index (χ1n) is 11.0. The number of nitrogens with zero attached hydrogens (tertiary/aromatic N) is 1. The number of pyridine rings is 1. The lowest BCUT2D eigenvalue weighted by Crippen LogP contribution is -2.19. The van der Waals surface area contributed by atoms with E-state index in [4.69, 9.17) is 9.29 Å². The standard InChI is InChI=1S/C23H20F2N2O4.CH4O3S/c1-11-15-5-2-12(8-13(15)9-26-11)16-6-7-17-19(21(16)31-23(24)25)27(14-3-4-14)10-18(20(17)28)22(29)30;1-5(2,3)4/h2,5-8,10-11,14,23,26H,3-4,9H2,1H3,(H,29,30);1H3,(H,2,3,4)/t11-;/m1./s1. The molecule has 3 aromatic rings. The third kappa shape index (κ3) is 5.40. The Morgan fingerprint density at radius 2 is 1.89 bits per heavy atom. The molecule has 1 fully saturated rings. The molecule has 0 radical (unpaired) electrons. The van der Waals surface area contributed by atoms with E-state index in [1.54, 1.807) is 10.6 Å². The molecule has 2 aromatic carbocycles. The van der Waals surface area contributed by atoms with Gasteiger partial charge in [-0.1, -0.05) is 12.1 Å². The normalized spacial score (nSPS) is 17.0. The molecule has 2 heterocycles. The topological polar surface area (TPSA) is 135 Å². The Labute approximate surface area is 205 Å². The first-order valence-corrected chi connectivity index (χ1v) is 12.9. The molecule has 0 amide bonds. The van der Waals surface area contributed by atoms with Crippen molar-refractivity contribution in [3.8, 4) is 16.9 Å². The number of carboxylic acids is 1. The van der Waals surface area contributed by atoms with E-state index in [1.165, 1.54) is 12.3 Å². The number of alkyl halides is 2. The summed E-state index contributed by atoms with van der Waals surface area (Å²) in [5.74, 6) is -1.45. The van der Waals surface area contributed by atoms with Gasteiger partial charge in [-0.25, -0.2) is 4.79 Å². The average Bonchev–Trinajstić information content (AvgIpc) is 3.55. The summed E-state index contributed by atoms with van der Waals surface area (Å²) in [6, 6.07) is 8.98. The number of fused-ring (bicyclic) bond motifs is 2. The zero-order valence-corrected chi connectivity index (χ0v) is 20.2. The summed E-state index contributed by atoms with van der Waals surface area (Å²) in [6.07, 6.45) is 3.52. The third-order valence-electron chi connectivity index (χ3n) is 6.04.